The lowest BCUT2D eigenvalue weighted by atomic mass is 9.96. The highest BCUT2D eigenvalue weighted by Crippen LogP contribution is 2.43. The molecule has 0 heterocycles. The van der Waals surface area contributed by atoms with Gasteiger partial charge in [0.15, 0.2) is 0 Å². The molecule has 1 aromatic rings. The van der Waals surface area contributed by atoms with Gasteiger partial charge in [0.25, 0.3) is 11.8 Å². The first kappa shape index (κ1) is 14.2. The molecular weight excluding hydrogens is 279 g/mol. The van der Waals surface area contributed by atoms with Gasteiger partial charge in [0.1, 0.15) is 11.4 Å². The van der Waals surface area contributed by atoms with E-state index in [-0.39, 0.29) is 23.4 Å². The summed E-state index contributed by atoms with van der Waals surface area (Å²) in [6, 6.07) is 3.23. The van der Waals surface area contributed by atoms with Crippen LogP contribution in [0, 0.1) is 5.82 Å². The monoisotopic (exact) mass is 291 g/mol. The number of nitrogens with one attached hydrogen (secondary N) is 1. The maximum absolute atomic E-state index is 13.7. The normalized spacial score (nSPS) is 25.3. The van der Waals surface area contributed by atoms with Gasteiger partial charge in [-0.1, -0.05) is 11.6 Å². The van der Waals surface area contributed by atoms with E-state index in [1.165, 1.54) is 13.0 Å². The van der Waals surface area contributed by atoms with Gasteiger partial charge in [-0.25, -0.2) is 13.2 Å². The molecule has 0 aliphatic heterocycles. The van der Waals surface area contributed by atoms with Crippen LogP contribution >= 0.6 is 11.6 Å². The first-order valence-electron chi connectivity index (χ1n) is 5.91. The van der Waals surface area contributed by atoms with Gasteiger partial charge in [0.05, 0.1) is 10.6 Å². The van der Waals surface area contributed by atoms with Gasteiger partial charge in [-0.3, -0.25) is 4.79 Å². The van der Waals surface area contributed by atoms with E-state index in [1.54, 1.807) is 0 Å². The summed E-state index contributed by atoms with van der Waals surface area (Å²) in [4.78, 5) is 12.0. The number of carbonyl (C=O) groups is 1. The van der Waals surface area contributed by atoms with Crippen molar-refractivity contribution in [1.29, 1.82) is 0 Å². The summed E-state index contributed by atoms with van der Waals surface area (Å²) in [5.74, 6) is -4.25. The van der Waals surface area contributed by atoms with E-state index in [0.29, 0.717) is 6.42 Å². The summed E-state index contributed by atoms with van der Waals surface area (Å²) in [7, 11) is 0. The molecule has 1 saturated carbocycles. The number of carbonyl (C=O) groups excluding carboxylic acids is 1. The zero-order chi connectivity index (χ0) is 14.3. The average Bonchev–Trinajstić information content (AvgIpc) is 2.52. The van der Waals surface area contributed by atoms with Crippen LogP contribution in [0.5, 0.6) is 0 Å². The molecule has 1 aromatic carbocycles. The van der Waals surface area contributed by atoms with Crippen molar-refractivity contribution in [2.45, 2.75) is 37.6 Å². The third kappa shape index (κ3) is 2.56. The Morgan fingerprint density at radius 1 is 1.37 bits per heavy atom. The minimum absolute atomic E-state index is 0.00742. The molecule has 0 spiro atoms. The van der Waals surface area contributed by atoms with Gasteiger partial charge >= 0.3 is 0 Å². The van der Waals surface area contributed by atoms with Crippen LogP contribution in [0.2, 0.25) is 5.02 Å². The van der Waals surface area contributed by atoms with Gasteiger partial charge in [-0.2, -0.15) is 0 Å². The van der Waals surface area contributed by atoms with Crippen LogP contribution in [0.4, 0.5) is 13.2 Å². The Bertz CT molecular complexity index is 521. The summed E-state index contributed by atoms with van der Waals surface area (Å²) < 4.78 is 40.3. The first-order chi connectivity index (χ1) is 8.75. The van der Waals surface area contributed by atoms with Crippen molar-refractivity contribution in [1.82, 2.24) is 5.32 Å². The number of rotatable bonds is 2. The Kier molecular flexibility index (Phi) is 3.51. The van der Waals surface area contributed by atoms with Gasteiger partial charge in [-0.05, 0) is 38.0 Å². The fourth-order valence-corrected chi connectivity index (χ4v) is 2.52. The summed E-state index contributed by atoms with van der Waals surface area (Å²) >= 11 is 5.74. The van der Waals surface area contributed by atoms with E-state index in [0.717, 1.165) is 12.1 Å². The zero-order valence-corrected chi connectivity index (χ0v) is 11.0. The van der Waals surface area contributed by atoms with E-state index in [1.807, 2.05) is 0 Å². The van der Waals surface area contributed by atoms with E-state index in [9.17, 15) is 18.0 Å². The van der Waals surface area contributed by atoms with Crippen LogP contribution < -0.4 is 5.32 Å². The Morgan fingerprint density at radius 2 is 2.05 bits per heavy atom. The molecule has 1 N–H and O–H groups in total. The van der Waals surface area contributed by atoms with E-state index in [2.05, 4.69) is 5.32 Å². The SMILES string of the molecule is CC1(NC(=O)c2ccc(F)cc2Cl)CCCC1(F)F. The molecular formula is C13H13ClF3NO. The highest BCUT2D eigenvalue weighted by molar-refractivity contribution is 6.33. The molecule has 0 saturated heterocycles. The van der Waals surface area contributed by atoms with Crippen LogP contribution in [-0.4, -0.2) is 17.4 Å². The second-order valence-electron chi connectivity index (χ2n) is 4.97. The number of halogens is 4. The largest absolute Gasteiger partial charge is 0.341 e. The highest BCUT2D eigenvalue weighted by atomic mass is 35.5. The second-order valence-corrected chi connectivity index (χ2v) is 5.38. The molecule has 104 valence electrons. The molecule has 1 amide bonds. The molecule has 0 bridgehead atoms. The van der Waals surface area contributed by atoms with E-state index in [4.69, 9.17) is 11.6 Å². The summed E-state index contributed by atoms with van der Waals surface area (Å²) in [6.07, 6.45) is 0.298. The maximum Gasteiger partial charge on any atom is 0.270 e. The number of hydrogen-bond acceptors (Lipinski definition) is 1. The maximum atomic E-state index is 13.7. The molecule has 0 aromatic heterocycles. The molecule has 2 nitrogen and oxygen atoms in total. The van der Waals surface area contributed by atoms with Crippen LogP contribution in [0.1, 0.15) is 36.5 Å². The van der Waals surface area contributed by atoms with Crippen LogP contribution in [0.3, 0.4) is 0 Å². The molecule has 2 rings (SSSR count). The van der Waals surface area contributed by atoms with Crippen LogP contribution in [-0.2, 0) is 0 Å². The highest BCUT2D eigenvalue weighted by Gasteiger charge is 2.54. The average molecular weight is 292 g/mol. The number of alkyl halides is 2. The predicted molar refractivity (Wildman–Crippen MR) is 66.1 cm³/mol. The fourth-order valence-electron chi connectivity index (χ4n) is 2.27. The molecule has 0 radical (unpaired) electrons. The Balaban J connectivity index is 2.22. The lowest BCUT2D eigenvalue weighted by molar-refractivity contribution is -0.0575. The predicted octanol–water partition coefficient (Wildman–Crippen LogP) is 3.79. The molecule has 1 aliphatic rings. The topological polar surface area (TPSA) is 29.1 Å². The third-order valence-electron chi connectivity index (χ3n) is 3.54. The van der Waals surface area contributed by atoms with Gasteiger partial charge < -0.3 is 5.32 Å². The third-order valence-corrected chi connectivity index (χ3v) is 3.85. The minimum Gasteiger partial charge on any atom is -0.341 e. The van der Waals surface area contributed by atoms with Crippen molar-refractivity contribution in [3.8, 4) is 0 Å². The molecule has 1 fully saturated rings. The smallest absolute Gasteiger partial charge is 0.270 e. The first-order valence-corrected chi connectivity index (χ1v) is 6.28. The van der Waals surface area contributed by atoms with Crippen LogP contribution in [0.15, 0.2) is 18.2 Å². The lowest BCUT2D eigenvalue weighted by Crippen LogP contribution is -2.55. The van der Waals surface area contributed by atoms with Crippen molar-refractivity contribution in [3.05, 3.63) is 34.6 Å². The Hall–Kier alpha value is -1.23. The van der Waals surface area contributed by atoms with Crippen LogP contribution in [0.25, 0.3) is 0 Å². The second kappa shape index (κ2) is 4.71. The standard InChI is InChI=1S/C13H13ClF3NO/c1-12(5-2-6-13(12,16)17)18-11(19)9-4-3-8(15)7-10(9)14/h3-4,7H,2,5-6H2,1H3,(H,18,19). The van der Waals surface area contributed by atoms with E-state index < -0.39 is 23.2 Å². The summed E-state index contributed by atoms with van der Waals surface area (Å²) in [5.41, 5.74) is -1.59. The lowest BCUT2D eigenvalue weighted by Gasteiger charge is -2.32. The van der Waals surface area contributed by atoms with E-state index >= 15 is 0 Å². The van der Waals surface area contributed by atoms with Gasteiger partial charge in [0.2, 0.25) is 0 Å². The van der Waals surface area contributed by atoms with Crippen molar-refractivity contribution in [2.75, 3.05) is 0 Å². The molecule has 1 unspecified atom stereocenters. The van der Waals surface area contributed by atoms with Crippen molar-refractivity contribution < 1.29 is 18.0 Å². The molecule has 19 heavy (non-hydrogen) atoms. The van der Waals surface area contributed by atoms with Gasteiger partial charge in [0, 0.05) is 6.42 Å². The Labute approximate surface area is 113 Å². The van der Waals surface area contributed by atoms with Crippen molar-refractivity contribution in [3.63, 3.8) is 0 Å². The Morgan fingerprint density at radius 3 is 2.58 bits per heavy atom. The number of amides is 1. The minimum atomic E-state index is -2.95. The zero-order valence-electron chi connectivity index (χ0n) is 10.3. The summed E-state index contributed by atoms with van der Waals surface area (Å²) in [6.45, 7) is 1.31. The quantitative estimate of drug-likeness (QED) is 0.882. The number of benzene rings is 1. The fraction of sp³-hybridized carbons (Fsp3) is 0.462. The molecule has 1 atom stereocenters. The number of hydrogen-bond donors (Lipinski definition) is 1. The summed E-state index contributed by atoms with van der Waals surface area (Å²) in [5, 5.41) is 2.23. The van der Waals surface area contributed by atoms with Crippen molar-refractivity contribution >= 4 is 17.5 Å². The molecule has 6 heteroatoms. The van der Waals surface area contributed by atoms with Crippen molar-refractivity contribution in [2.24, 2.45) is 0 Å². The van der Waals surface area contributed by atoms with Gasteiger partial charge in [-0.15, -0.1) is 0 Å². The molecule has 1 aliphatic carbocycles.